The predicted octanol–water partition coefficient (Wildman–Crippen LogP) is 0.883. The molecular formula is C9H13O6P. The summed E-state index contributed by atoms with van der Waals surface area (Å²) in [6.45, 7) is -0.279. The van der Waals surface area contributed by atoms with Crippen LogP contribution in [0.1, 0.15) is 6.42 Å². The molecule has 7 heteroatoms. The van der Waals surface area contributed by atoms with Gasteiger partial charge in [0.05, 0.1) is 6.61 Å². The number of aliphatic hydroxyl groups is 2. The van der Waals surface area contributed by atoms with Crippen LogP contribution in [-0.4, -0.2) is 28.0 Å². The van der Waals surface area contributed by atoms with Gasteiger partial charge in [-0.1, -0.05) is 18.2 Å². The second-order valence-corrected chi connectivity index (χ2v) is 4.35. The summed E-state index contributed by atoms with van der Waals surface area (Å²) in [5.74, 6) is 0.206. The van der Waals surface area contributed by atoms with Gasteiger partial charge in [0.1, 0.15) is 5.75 Å². The molecule has 16 heavy (non-hydrogen) atoms. The molecular weight excluding hydrogens is 235 g/mol. The van der Waals surface area contributed by atoms with Crippen molar-refractivity contribution in [1.82, 2.24) is 0 Å². The summed E-state index contributed by atoms with van der Waals surface area (Å²) in [5, 5.41) is 17.0. The Morgan fingerprint density at radius 1 is 1.25 bits per heavy atom. The van der Waals surface area contributed by atoms with Gasteiger partial charge in [-0.2, -0.15) is 0 Å². The van der Waals surface area contributed by atoms with Gasteiger partial charge in [-0.25, -0.2) is 4.57 Å². The quantitative estimate of drug-likeness (QED) is 0.511. The van der Waals surface area contributed by atoms with Gasteiger partial charge in [-0.15, -0.1) is 0 Å². The SMILES string of the molecule is O=P(O)(OCCC(O)O)Oc1ccccc1. The summed E-state index contributed by atoms with van der Waals surface area (Å²) in [5.41, 5.74) is 0. The Morgan fingerprint density at radius 2 is 1.88 bits per heavy atom. The fourth-order valence-electron chi connectivity index (χ4n) is 0.914. The highest BCUT2D eigenvalue weighted by Crippen LogP contribution is 2.43. The number of phosphoric ester groups is 1. The maximum Gasteiger partial charge on any atom is 0.527 e. The molecule has 1 rings (SSSR count). The summed E-state index contributed by atoms with van der Waals surface area (Å²) >= 11 is 0. The van der Waals surface area contributed by atoms with Crippen LogP contribution < -0.4 is 4.52 Å². The third kappa shape index (κ3) is 5.25. The van der Waals surface area contributed by atoms with Crippen LogP contribution in [0.3, 0.4) is 0 Å². The van der Waals surface area contributed by atoms with Crippen molar-refractivity contribution in [1.29, 1.82) is 0 Å². The van der Waals surface area contributed by atoms with E-state index >= 15 is 0 Å². The molecule has 0 radical (unpaired) electrons. The molecule has 1 aromatic carbocycles. The first kappa shape index (κ1) is 13.2. The number of phosphoric acid groups is 1. The molecule has 0 spiro atoms. The van der Waals surface area contributed by atoms with Crippen LogP contribution in [0.5, 0.6) is 5.75 Å². The maximum absolute atomic E-state index is 11.3. The number of aliphatic hydroxyl groups excluding tert-OH is 1. The maximum atomic E-state index is 11.3. The van der Waals surface area contributed by atoms with E-state index in [1.54, 1.807) is 18.2 Å². The van der Waals surface area contributed by atoms with E-state index in [2.05, 4.69) is 4.52 Å². The lowest BCUT2D eigenvalue weighted by molar-refractivity contribution is -0.0531. The van der Waals surface area contributed by atoms with Crippen molar-refractivity contribution < 1.29 is 28.7 Å². The summed E-state index contributed by atoms with van der Waals surface area (Å²) in [6.07, 6.45) is -1.74. The first-order valence-electron chi connectivity index (χ1n) is 4.58. The molecule has 90 valence electrons. The first-order chi connectivity index (χ1) is 7.49. The molecule has 0 heterocycles. The molecule has 0 saturated carbocycles. The molecule has 0 saturated heterocycles. The van der Waals surface area contributed by atoms with Crippen molar-refractivity contribution in [2.45, 2.75) is 12.7 Å². The van der Waals surface area contributed by atoms with Gasteiger partial charge < -0.3 is 14.7 Å². The summed E-state index contributed by atoms with van der Waals surface area (Å²) in [6, 6.07) is 8.04. The van der Waals surface area contributed by atoms with Gasteiger partial charge in [0, 0.05) is 6.42 Å². The summed E-state index contributed by atoms with van der Waals surface area (Å²) in [7, 11) is -4.19. The molecule has 1 atom stereocenters. The molecule has 0 amide bonds. The number of hydrogen-bond acceptors (Lipinski definition) is 5. The van der Waals surface area contributed by atoms with Crippen molar-refractivity contribution in [3.8, 4) is 5.75 Å². The zero-order valence-corrected chi connectivity index (χ0v) is 9.29. The second-order valence-electron chi connectivity index (χ2n) is 2.98. The van der Waals surface area contributed by atoms with Crippen LogP contribution in [-0.2, 0) is 9.09 Å². The first-order valence-corrected chi connectivity index (χ1v) is 6.07. The van der Waals surface area contributed by atoms with E-state index in [4.69, 9.17) is 14.7 Å². The number of benzene rings is 1. The van der Waals surface area contributed by atoms with Crippen LogP contribution in [0.25, 0.3) is 0 Å². The zero-order chi connectivity index (χ0) is 12.0. The summed E-state index contributed by atoms with van der Waals surface area (Å²) < 4.78 is 20.5. The Hall–Kier alpha value is -0.910. The Kier molecular flexibility index (Phi) is 4.92. The van der Waals surface area contributed by atoms with Crippen LogP contribution in [0.2, 0.25) is 0 Å². The van der Waals surface area contributed by atoms with E-state index in [1.807, 2.05) is 0 Å². The topological polar surface area (TPSA) is 96.2 Å². The van der Waals surface area contributed by atoms with Crippen LogP contribution in [0, 0.1) is 0 Å². The molecule has 1 unspecified atom stereocenters. The van der Waals surface area contributed by atoms with Gasteiger partial charge in [0.2, 0.25) is 0 Å². The van der Waals surface area contributed by atoms with E-state index in [1.165, 1.54) is 12.1 Å². The molecule has 0 bridgehead atoms. The Morgan fingerprint density at radius 3 is 2.44 bits per heavy atom. The van der Waals surface area contributed by atoms with Crippen molar-refractivity contribution >= 4 is 7.82 Å². The van der Waals surface area contributed by atoms with Crippen LogP contribution in [0.15, 0.2) is 30.3 Å². The van der Waals surface area contributed by atoms with Gasteiger partial charge >= 0.3 is 7.82 Å². The molecule has 0 aliphatic heterocycles. The minimum absolute atomic E-state index is 0.164. The monoisotopic (exact) mass is 248 g/mol. The fraction of sp³-hybridized carbons (Fsp3) is 0.333. The molecule has 3 N–H and O–H groups in total. The normalized spacial score (nSPS) is 14.8. The third-order valence-corrected chi connectivity index (χ3v) is 2.54. The largest absolute Gasteiger partial charge is 0.527 e. The minimum atomic E-state index is -4.19. The van der Waals surface area contributed by atoms with Crippen molar-refractivity contribution in [2.75, 3.05) is 6.61 Å². The molecule has 0 fully saturated rings. The number of rotatable bonds is 6. The zero-order valence-electron chi connectivity index (χ0n) is 8.39. The average molecular weight is 248 g/mol. The highest BCUT2D eigenvalue weighted by Gasteiger charge is 2.22. The fourth-order valence-corrected chi connectivity index (χ4v) is 1.69. The van der Waals surface area contributed by atoms with Crippen molar-refractivity contribution in [2.24, 2.45) is 0 Å². The smallest absolute Gasteiger partial charge is 0.404 e. The molecule has 0 aliphatic rings. The van der Waals surface area contributed by atoms with Gasteiger partial charge in [0.25, 0.3) is 0 Å². The van der Waals surface area contributed by atoms with E-state index in [0.717, 1.165) is 0 Å². The van der Waals surface area contributed by atoms with Gasteiger partial charge in [-0.05, 0) is 12.1 Å². The second kappa shape index (κ2) is 5.98. The van der Waals surface area contributed by atoms with E-state index < -0.39 is 14.1 Å². The number of para-hydroxylation sites is 1. The Labute approximate surface area is 92.7 Å². The lowest BCUT2D eigenvalue weighted by Gasteiger charge is -2.13. The van der Waals surface area contributed by atoms with Gasteiger partial charge in [0.15, 0.2) is 6.29 Å². The number of hydrogen-bond donors (Lipinski definition) is 3. The Bertz CT molecular complexity index is 352. The average Bonchev–Trinajstić information content (AvgIpc) is 2.17. The van der Waals surface area contributed by atoms with E-state index in [9.17, 15) is 9.46 Å². The van der Waals surface area contributed by atoms with E-state index in [-0.39, 0.29) is 18.8 Å². The predicted molar refractivity (Wildman–Crippen MR) is 55.7 cm³/mol. The summed E-state index contributed by atoms with van der Waals surface area (Å²) in [4.78, 5) is 9.23. The third-order valence-electron chi connectivity index (χ3n) is 1.59. The Balaban J connectivity index is 2.43. The van der Waals surface area contributed by atoms with Crippen LogP contribution >= 0.6 is 7.82 Å². The molecule has 0 aromatic heterocycles. The lowest BCUT2D eigenvalue weighted by Crippen LogP contribution is -2.09. The highest BCUT2D eigenvalue weighted by molar-refractivity contribution is 7.47. The van der Waals surface area contributed by atoms with E-state index in [0.29, 0.717) is 0 Å². The lowest BCUT2D eigenvalue weighted by atomic mass is 10.3. The molecule has 1 aromatic rings. The van der Waals surface area contributed by atoms with Gasteiger partial charge in [-0.3, -0.25) is 9.42 Å². The standard InChI is InChI=1S/C9H13O6P/c10-9(11)6-7-14-16(12,13)15-8-4-2-1-3-5-8/h1-5,9-11H,6-7H2,(H,12,13). The van der Waals surface area contributed by atoms with Crippen LogP contribution in [0.4, 0.5) is 0 Å². The molecule has 0 aliphatic carbocycles. The van der Waals surface area contributed by atoms with Crippen molar-refractivity contribution in [3.63, 3.8) is 0 Å². The molecule has 6 nitrogen and oxygen atoms in total. The highest BCUT2D eigenvalue weighted by atomic mass is 31.2. The minimum Gasteiger partial charge on any atom is -0.404 e. The van der Waals surface area contributed by atoms with Crippen molar-refractivity contribution in [3.05, 3.63) is 30.3 Å².